The van der Waals surface area contributed by atoms with E-state index in [1.165, 1.54) is 0 Å². The Morgan fingerprint density at radius 3 is 2.86 bits per heavy atom. The van der Waals surface area contributed by atoms with Crippen molar-refractivity contribution in [2.24, 2.45) is 0 Å². The first-order valence-corrected chi connectivity index (χ1v) is 7.38. The van der Waals surface area contributed by atoms with Crippen LogP contribution in [0, 0.1) is 0 Å². The number of hydrogen-bond donors (Lipinski definition) is 1. The SMILES string of the molecule is CCC(C)n1ccc(CC(O)c2cc3ccccc3o2)n1. The maximum absolute atomic E-state index is 10.3. The summed E-state index contributed by atoms with van der Waals surface area (Å²) in [4.78, 5) is 0. The smallest absolute Gasteiger partial charge is 0.134 e. The Morgan fingerprint density at radius 2 is 2.10 bits per heavy atom. The van der Waals surface area contributed by atoms with Crippen molar-refractivity contribution in [2.75, 3.05) is 0 Å². The lowest BCUT2D eigenvalue weighted by atomic mass is 10.1. The van der Waals surface area contributed by atoms with Gasteiger partial charge in [-0.15, -0.1) is 0 Å². The van der Waals surface area contributed by atoms with Gasteiger partial charge < -0.3 is 9.52 Å². The molecule has 2 heterocycles. The van der Waals surface area contributed by atoms with Gasteiger partial charge in [-0.3, -0.25) is 4.68 Å². The van der Waals surface area contributed by atoms with Gasteiger partial charge in [0, 0.05) is 24.0 Å². The lowest BCUT2D eigenvalue weighted by Crippen LogP contribution is -2.06. The van der Waals surface area contributed by atoms with Gasteiger partial charge in [-0.1, -0.05) is 25.1 Å². The zero-order chi connectivity index (χ0) is 14.8. The lowest BCUT2D eigenvalue weighted by molar-refractivity contribution is 0.151. The number of rotatable bonds is 5. The second-order valence-electron chi connectivity index (χ2n) is 5.45. The standard InChI is InChI=1S/C17H20N2O2/c1-3-12(2)19-9-8-14(18-19)11-15(20)17-10-13-6-4-5-7-16(13)21-17/h4-10,12,15,20H,3,11H2,1-2H3. The molecule has 0 radical (unpaired) electrons. The largest absolute Gasteiger partial charge is 0.458 e. The lowest BCUT2D eigenvalue weighted by Gasteiger charge is -2.09. The van der Waals surface area contributed by atoms with E-state index in [1.807, 2.05) is 47.3 Å². The number of furan rings is 1. The first-order chi connectivity index (χ1) is 10.2. The highest BCUT2D eigenvalue weighted by Crippen LogP contribution is 2.25. The highest BCUT2D eigenvalue weighted by Gasteiger charge is 2.16. The van der Waals surface area contributed by atoms with Crippen molar-refractivity contribution in [3.63, 3.8) is 0 Å². The summed E-state index contributed by atoms with van der Waals surface area (Å²) < 4.78 is 7.64. The summed E-state index contributed by atoms with van der Waals surface area (Å²) in [5.41, 5.74) is 1.68. The second kappa shape index (κ2) is 5.74. The molecule has 4 heteroatoms. The van der Waals surface area contributed by atoms with E-state index >= 15 is 0 Å². The fourth-order valence-corrected chi connectivity index (χ4v) is 2.38. The number of para-hydroxylation sites is 1. The van der Waals surface area contributed by atoms with Crippen molar-refractivity contribution in [3.8, 4) is 0 Å². The van der Waals surface area contributed by atoms with Crippen LogP contribution in [0.4, 0.5) is 0 Å². The summed E-state index contributed by atoms with van der Waals surface area (Å²) >= 11 is 0. The molecule has 1 aromatic carbocycles. The molecular formula is C17H20N2O2. The minimum absolute atomic E-state index is 0.377. The minimum atomic E-state index is -0.669. The third-order valence-corrected chi connectivity index (χ3v) is 3.88. The first-order valence-electron chi connectivity index (χ1n) is 7.38. The number of aliphatic hydroxyl groups is 1. The molecule has 110 valence electrons. The molecule has 0 aliphatic rings. The highest BCUT2D eigenvalue weighted by atomic mass is 16.4. The van der Waals surface area contributed by atoms with Crippen molar-refractivity contribution < 1.29 is 9.52 Å². The van der Waals surface area contributed by atoms with E-state index in [0.29, 0.717) is 18.2 Å². The third kappa shape index (κ3) is 2.85. The Labute approximate surface area is 124 Å². The average molecular weight is 284 g/mol. The number of fused-ring (bicyclic) bond motifs is 1. The molecule has 3 rings (SSSR count). The van der Waals surface area contributed by atoms with Crippen molar-refractivity contribution in [3.05, 3.63) is 54.0 Å². The summed E-state index contributed by atoms with van der Waals surface area (Å²) in [6.07, 6.45) is 2.79. The molecule has 2 unspecified atom stereocenters. The Bertz CT molecular complexity index is 696. The number of benzene rings is 1. The molecule has 2 aromatic heterocycles. The van der Waals surface area contributed by atoms with Gasteiger partial charge in [-0.05, 0) is 31.5 Å². The molecule has 0 bridgehead atoms. The Hall–Kier alpha value is -2.07. The zero-order valence-corrected chi connectivity index (χ0v) is 12.4. The van der Waals surface area contributed by atoms with Crippen LogP contribution in [-0.4, -0.2) is 14.9 Å². The van der Waals surface area contributed by atoms with E-state index < -0.39 is 6.10 Å². The van der Waals surface area contributed by atoms with Crippen LogP contribution in [0.1, 0.15) is 43.9 Å². The van der Waals surface area contributed by atoms with E-state index in [9.17, 15) is 5.11 Å². The Kier molecular flexibility index (Phi) is 3.80. The monoisotopic (exact) mass is 284 g/mol. The molecule has 4 nitrogen and oxygen atoms in total. The summed E-state index contributed by atoms with van der Waals surface area (Å²) in [6.45, 7) is 4.27. The van der Waals surface area contributed by atoms with Gasteiger partial charge in [0.1, 0.15) is 17.4 Å². The van der Waals surface area contributed by atoms with Crippen molar-refractivity contribution >= 4 is 11.0 Å². The molecule has 0 aliphatic heterocycles. The Balaban J connectivity index is 1.76. The van der Waals surface area contributed by atoms with E-state index in [4.69, 9.17) is 4.42 Å². The number of nitrogens with zero attached hydrogens (tertiary/aromatic N) is 2. The summed E-state index contributed by atoms with van der Waals surface area (Å²) in [5.74, 6) is 0.592. The molecule has 0 aliphatic carbocycles. The number of aliphatic hydroxyl groups excluding tert-OH is 1. The molecule has 1 N–H and O–H groups in total. The van der Waals surface area contributed by atoms with Crippen LogP contribution in [0.25, 0.3) is 11.0 Å². The van der Waals surface area contributed by atoms with Gasteiger partial charge in [-0.2, -0.15) is 5.10 Å². The fraction of sp³-hybridized carbons (Fsp3) is 0.353. The van der Waals surface area contributed by atoms with Gasteiger partial charge >= 0.3 is 0 Å². The zero-order valence-electron chi connectivity index (χ0n) is 12.4. The van der Waals surface area contributed by atoms with Crippen LogP contribution in [0.5, 0.6) is 0 Å². The second-order valence-corrected chi connectivity index (χ2v) is 5.45. The van der Waals surface area contributed by atoms with Crippen LogP contribution in [0.3, 0.4) is 0 Å². The topological polar surface area (TPSA) is 51.2 Å². The molecule has 0 saturated heterocycles. The summed E-state index contributed by atoms with van der Waals surface area (Å²) in [7, 11) is 0. The van der Waals surface area contributed by atoms with Gasteiger partial charge in [0.2, 0.25) is 0 Å². The van der Waals surface area contributed by atoms with Crippen molar-refractivity contribution in [1.29, 1.82) is 0 Å². The van der Waals surface area contributed by atoms with Crippen LogP contribution in [0.2, 0.25) is 0 Å². The number of aromatic nitrogens is 2. The predicted molar refractivity (Wildman–Crippen MR) is 82.1 cm³/mol. The average Bonchev–Trinajstić information content (AvgIpc) is 3.12. The van der Waals surface area contributed by atoms with Gasteiger partial charge in [0.15, 0.2) is 0 Å². The van der Waals surface area contributed by atoms with E-state index in [2.05, 4.69) is 18.9 Å². The minimum Gasteiger partial charge on any atom is -0.458 e. The van der Waals surface area contributed by atoms with Crippen LogP contribution >= 0.6 is 0 Å². The highest BCUT2D eigenvalue weighted by molar-refractivity contribution is 5.77. The molecule has 0 amide bonds. The van der Waals surface area contributed by atoms with Gasteiger partial charge in [0.05, 0.1) is 5.69 Å². The van der Waals surface area contributed by atoms with E-state index in [-0.39, 0.29) is 0 Å². The molecule has 3 aromatic rings. The third-order valence-electron chi connectivity index (χ3n) is 3.88. The van der Waals surface area contributed by atoms with Crippen molar-refractivity contribution in [2.45, 2.75) is 38.8 Å². The molecule has 0 spiro atoms. The number of hydrogen-bond acceptors (Lipinski definition) is 3. The normalized spacial score (nSPS) is 14.4. The van der Waals surface area contributed by atoms with Crippen LogP contribution in [0.15, 0.2) is 47.0 Å². The fourth-order valence-electron chi connectivity index (χ4n) is 2.38. The van der Waals surface area contributed by atoms with E-state index in [0.717, 1.165) is 23.1 Å². The quantitative estimate of drug-likeness (QED) is 0.773. The molecular weight excluding hydrogens is 264 g/mol. The van der Waals surface area contributed by atoms with E-state index in [1.54, 1.807) is 0 Å². The molecule has 0 fully saturated rings. The van der Waals surface area contributed by atoms with Crippen LogP contribution < -0.4 is 0 Å². The molecule has 2 atom stereocenters. The predicted octanol–water partition coefficient (Wildman–Crippen LogP) is 3.88. The first kappa shape index (κ1) is 13.9. The summed E-state index contributed by atoms with van der Waals surface area (Å²) in [6, 6.07) is 12.0. The summed E-state index contributed by atoms with van der Waals surface area (Å²) in [5, 5.41) is 15.9. The van der Waals surface area contributed by atoms with Crippen LogP contribution in [-0.2, 0) is 6.42 Å². The maximum Gasteiger partial charge on any atom is 0.134 e. The molecule has 21 heavy (non-hydrogen) atoms. The van der Waals surface area contributed by atoms with Crippen molar-refractivity contribution in [1.82, 2.24) is 9.78 Å². The van der Waals surface area contributed by atoms with Gasteiger partial charge in [0.25, 0.3) is 0 Å². The molecule has 0 saturated carbocycles. The Morgan fingerprint density at radius 1 is 1.29 bits per heavy atom. The maximum atomic E-state index is 10.3. The van der Waals surface area contributed by atoms with Gasteiger partial charge in [-0.25, -0.2) is 0 Å².